The van der Waals surface area contributed by atoms with Crippen molar-refractivity contribution in [3.63, 3.8) is 0 Å². The fraction of sp³-hybridized carbons (Fsp3) is 0.333. The van der Waals surface area contributed by atoms with Crippen LogP contribution in [0.2, 0.25) is 0 Å². The lowest BCUT2D eigenvalue weighted by atomic mass is 9.94. The first-order valence-electron chi connectivity index (χ1n) is 14.2. The maximum Gasteiger partial charge on any atom is 0.179 e. The van der Waals surface area contributed by atoms with Gasteiger partial charge in [0.05, 0.1) is 42.8 Å². The second kappa shape index (κ2) is 15.6. The molecule has 1 unspecified atom stereocenters. The van der Waals surface area contributed by atoms with Crippen LogP contribution in [0.4, 0.5) is 0 Å². The van der Waals surface area contributed by atoms with Gasteiger partial charge in [-0.25, -0.2) is 0 Å². The molecular weight excluding hydrogens is 530 g/mol. The van der Waals surface area contributed by atoms with Crippen molar-refractivity contribution in [3.05, 3.63) is 131 Å². The number of nitrogens with zero attached hydrogens (tertiary/aromatic N) is 2. The van der Waals surface area contributed by atoms with Crippen LogP contribution in [0.3, 0.4) is 0 Å². The number of rotatable bonds is 16. The Morgan fingerprint density at radius 2 is 1.24 bits per heavy atom. The zero-order valence-corrected chi connectivity index (χ0v) is 23.8. The SMILES string of the molecule is C[C@H](O)[C@@H](NCc1ccccc1)C(O)(NCc1ccccc1)c1cnc(C[C@H](O)[C@@H](CO)NCc2ccccc2)cn1. The summed E-state index contributed by atoms with van der Waals surface area (Å²) in [4.78, 5) is 9.03. The Morgan fingerprint density at radius 1 is 0.714 bits per heavy atom. The molecular formula is C33H41N5O4. The first-order chi connectivity index (χ1) is 20.4. The summed E-state index contributed by atoms with van der Waals surface area (Å²) < 4.78 is 0. The van der Waals surface area contributed by atoms with Crippen LogP contribution in [0.1, 0.15) is 35.0 Å². The second-order valence-corrected chi connectivity index (χ2v) is 10.5. The molecule has 0 aliphatic heterocycles. The molecule has 5 atom stereocenters. The first-order valence-corrected chi connectivity index (χ1v) is 14.2. The van der Waals surface area contributed by atoms with E-state index in [1.807, 2.05) is 91.0 Å². The van der Waals surface area contributed by atoms with E-state index < -0.39 is 30.0 Å². The summed E-state index contributed by atoms with van der Waals surface area (Å²) in [6.07, 6.45) is 1.26. The molecule has 222 valence electrons. The molecule has 0 radical (unpaired) electrons. The number of nitrogens with one attached hydrogen (secondary N) is 3. The van der Waals surface area contributed by atoms with Crippen LogP contribution in [0.15, 0.2) is 103 Å². The van der Waals surface area contributed by atoms with Gasteiger partial charge in [-0.05, 0) is 23.6 Å². The predicted octanol–water partition coefficient (Wildman–Crippen LogP) is 2.00. The van der Waals surface area contributed by atoms with Crippen LogP contribution in [-0.2, 0) is 31.8 Å². The Bertz CT molecular complexity index is 1310. The third kappa shape index (κ3) is 8.73. The van der Waals surface area contributed by atoms with Crippen molar-refractivity contribution < 1.29 is 20.4 Å². The molecule has 0 saturated carbocycles. The van der Waals surface area contributed by atoms with Gasteiger partial charge < -0.3 is 31.1 Å². The fourth-order valence-electron chi connectivity index (χ4n) is 4.86. The maximum atomic E-state index is 12.1. The number of aromatic nitrogens is 2. The van der Waals surface area contributed by atoms with Crippen LogP contribution in [0.5, 0.6) is 0 Å². The summed E-state index contributed by atoms with van der Waals surface area (Å²) in [6.45, 7) is 2.62. The number of benzene rings is 3. The number of aliphatic hydroxyl groups excluding tert-OH is 3. The van der Waals surface area contributed by atoms with Gasteiger partial charge in [0.1, 0.15) is 5.69 Å². The molecule has 3 aromatic carbocycles. The third-order valence-corrected chi connectivity index (χ3v) is 7.29. The van der Waals surface area contributed by atoms with Gasteiger partial charge in [-0.1, -0.05) is 91.0 Å². The van der Waals surface area contributed by atoms with Crippen molar-refractivity contribution >= 4 is 0 Å². The highest BCUT2D eigenvalue weighted by molar-refractivity contribution is 5.20. The van der Waals surface area contributed by atoms with Crippen molar-refractivity contribution in [1.29, 1.82) is 0 Å². The molecule has 7 N–H and O–H groups in total. The Kier molecular flexibility index (Phi) is 11.7. The molecule has 0 saturated heterocycles. The lowest BCUT2D eigenvalue weighted by molar-refractivity contribution is -0.0781. The van der Waals surface area contributed by atoms with E-state index in [0.29, 0.717) is 25.3 Å². The Balaban J connectivity index is 1.50. The molecule has 0 fully saturated rings. The van der Waals surface area contributed by atoms with E-state index >= 15 is 0 Å². The summed E-state index contributed by atoms with van der Waals surface area (Å²) in [5, 5.41) is 53.3. The minimum atomic E-state index is -1.78. The van der Waals surface area contributed by atoms with Crippen molar-refractivity contribution in [2.45, 2.75) is 63.0 Å². The zero-order chi connectivity index (χ0) is 29.8. The predicted molar refractivity (Wildman–Crippen MR) is 162 cm³/mol. The summed E-state index contributed by atoms with van der Waals surface area (Å²) >= 11 is 0. The molecule has 0 bridgehead atoms. The molecule has 0 aliphatic carbocycles. The molecule has 4 rings (SSSR count). The van der Waals surface area contributed by atoms with Gasteiger partial charge in [0.15, 0.2) is 5.72 Å². The monoisotopic (exact) mass is 571 g/mol. The van der Waals surface area contributed by atoms with E-state index in [2.05, 4.69) is 25.9 Å². The molecule has 9 nitrogen and oxygen atoms in total. The van der Waals surface area contributed by atoms with Crippen molar-refractivity contribution in [2.24, 2.45) is 0 Å². The van der Waals surface area contributed by atoms with E-state index in [1.54, 1.807) is 6.92 Å². The highest BCUT2D eigenvalue weighted by Gasteiger charge is 2.42. The molecule has 0 aliphatic rings. The van der Waals surface area contributed by atoms with Gasteiger partial charge >= 0.3 is 0 Å². The molecule has 4 aromatic rings. The van der Waals surface area contributed by atoms with Crippen LogP contribution in [-0.4, -0.2) is 61.3 Å². The van der Waals surface area contributed by atoms with Crippen molar-refractivity contribution in [1.82, 2.24) is 25.9 Å². The molecule has 0 spiro atoms. The van der Waals surface area contributed by atoms with E-state index in [1.165, 1.54) is 12.4 Å². The normalized spacial score (nSPS) is 15.8. The van der Waals surface area contributed by atoms with Crippen LogP contribution < -0.4 is 16.0 Å². The minimum absolute atomic E-state index is 0.155. The van der Waals surface area contributed by atoms with Gasteiger partial charge in [0.25, 0.3) is 0 Å². The second-order valence-electron chi connectivity index (χ2n) is 10.5. The highest BCUT2D eigenvalue weighted by Crippen LogP contribution is 2.24. The topological polar surface area (TPSA) is 143 Å². The standard InChI is InChI=1S/C33H41N5O4/c1-24(40)32(37-19-26-13-7-3-8-14-26)33(42,38-20-27-15-9-4-10-16-27)31-22-34-28(21-36-31)17-30(41)29(23-39)35-18-25-11-5-2-6-12-25/h2-16,21-22,24,29-30,32,35,37-42H,17-20,23H2,1H3/t24-,29+,30-,32+,33?/m0/s1. The molecule has 0 amide bonds. The summed E-state index contributed by atoms with van der Waals surface area (Å²) in [6, 6.07) is 27.8. The van der Waals surface area contributed by atoms with Crippen LogP contribution >= 0.6 is 0 Å². The lowest BCUT2D eigenvalue weighted by Gasteiger charge is -2.38. The lowest BCUT2D eigenvalue weighted by Crippen LogP contribution is -2.61. The van der Waals surface area contributed by atoms with E-state index in [4.69, 9.17) is 0 Å². The average Bonchev–Trinajstić information content (AvgIpc) is 3.02. The summed E-state index contributed by atoms with van der Waals surface area (Å²) in [5.41, 5.74) is 1.94. The Hall–Kier alpha value is -3.54. The summed E-state index contributed by atoms with van der Waals surface area (Å²) in [5.74, 6) is 0. The number of hydrogen-bond acceptors (Lipinski definition) is 9. The van der Waals surface area contributed by atoms with Crippen LogP contribution in [0, 0.1) is 0 Å². The van der Waals surface area contributed by atoms with Crippen molar-refractivity contribution in [2.75, 3.05) is 6.61 Å². The van der Waals surface area contributed by atoms with Crippen LogP contribution in [0.25, 0.3) is 0 Å². The van der Waals surface area contributed by atoms with E-state index in [-0.39, 0.29) is 18.7 Å². The number of aliphatic hydroxyl groups is 4. The largest absolute Gasteiger partial charge is 0.395 e. The molecule has 9 heteroatoms. The molecule has 42 heavy (non-hydrogen) atoms. The van der Waals surface area contributed by atoms with Gasteiger partial charge in [-0.3, -0.25) is 15.3 Å². The Morgan fingerprint density at radius 3 is 1.71 bits per heavy atom. The maximum absolute atomic E-state index is 12.1. The summed E-state index contributed by atoms with van der Waals surface area (Å²) in [7, 11) is 0. The third-order valence-electron chi connectivity index (χ3n) is 7.29. The van der Waals surface area contributed by atoms with E-state index in [9.17, 15) is 20.4 Å². The zero-order valence-electron chi connectivity index (χ0n) is 23.8. The van der Waals surface area contributed by atoms with Gasteiger partial charge in [-0.2, -0.15) is 0 Å². The molecule has 1 heterocycles. The Labute approximate surface area is 247 Å². The smallest absolute Gasteiger partial charge is 0.179 e. The van der Waals surface area contributed by atoms with Crippen molar-refractivity contribution in [3.8, 4) is 0 Å². The van der Waals surface area contributed by atoms with E-state index in [0.717, 1.165) is 16.7 Å². The van der Waals surface area contributed by atoms with Gasteiger partial charge in [0, 0.05) is 32.3 Å². The average molecular weight is 572 g/mol. The number of hydrogen-bond donors (Lipinski definition) is 7. The van der Waals surface area contributed by atoms with Gasteiger partial charge in [0.2, 0.25) is 0 Å². The quantitative estimate of drug-likeness (QED) is 0.101. The first kappa shape index (κ1) is 31.4. The molecule has 1 aromatic heterocycles. The fourth-order valence-corrected chi connectivity index (χ4v) is 4.86. The minimum Gasteiger partial charge on any atom is -0.395 e. The highest BCUT2D eigenvalue weighted by atomic mass is 16.3. The van der Waals surface area contributed by atoms with Gasteiger partial charge in [-0.15, -0.1) is 0 Å².